The van der Waals surface area contributed by atoms with Crippen molar-refractivity contribution in [1.82, 2.24) is 0 Å². The van der Waals surface area contributed by atoms with Crippen molar-refractivity contribution in [3.63, 3.8) is 0 Å². The van der Waals surface area contributed by atoms with Crippen LogP contribution in [0.2, 0.25) is 0 Å². The van der Waals surface area contributed by atoms with Crippen LogP contribution in [0.5, 0.6) is 0 Å². The van der Waals surface area contributed by atoms with Crippen LogP contribution < -0.4 is 5.32 Å². The standard InChI is InChI=1S/C13H15NO3/c1-8-6-10(15)7-9-4-3-5-11(12(9)14-8)13(16)17-2/h3-5,8,14H,6-7H2,1-2H3. The molecule has 17 heavy (non-hydrogen) atoms. The second kappa shape index (κ2) is 4.57. The fourth-order valence-electron chi connectivity index (χ4n) is 2.12. The lowest BCUT2D eigenvalue weighted by atomic mass is 10.0. The van der Waals surface area contributed by atoms with E-state index in [4.69, 9.17) is 4.74 Å². The minimum Gasteiger partial charge on any atom is -0.465 e. The number of fused-ring (bicyclic) bond motifs is 1. The normalized spacial score (nSPS) is 18.9. The Balaban J connectivity index is 2.49. The Morgan fingerprint density at radius 1 is 1.47 bits per heavy atom. The van der Waals surface area contributed by atoms with E-state index in [9.17, 15) is 9.59 Å². The van der Waals surface area contributed by atoms with Gasteiger partial charge in [-0.25, -0.2) is 4.79 Å². The van der Waals surface area contributed by atoms with Crippen LogP contribution in [0.3, 0.4) is 0 Å². The number of carbonyl (C=O) groups is 2. The van der Waals surface area contributed by atoms with Crippen molar-refractivity contribution in [2.45, 2.75) is 25.8 Å². The first-order chi connectivity index (χ1) is 8.11. The largest absolute Gasteiger partial charge is 0.465 e. The lowest BCUT2D eigenvalue weighted by Crippen LogP contribution is -2.18. The molecule has 4 nitrogen and oxygen atoms in total. The summed E-state index contributed by atoms with van der Waals surface area (Å²) in [6.07, 6.45) is 0.854. The monoisotopic (exact) mass is 233 g/mol. The Labute approximate surface area is 100.0 Å². The molecule has 0 radical (unpaired) electrons. The Bertz CT molecular complexity index is 468. The zero-order valence-corrected chi connectivity index (χ0v) is 9.95. The molecule has 1 unspecified atom stereocenters. The van der Waals surface area contributed by atoms with Gasteiger partial charge < -0.3 is 10.1 Å². The zero-order valence-electron chi connectivity index (χ0n) is 9.95. The SMILES string of the molecule is COC(=O)c1cccc2c1NC(C)CC(=O)C2. The van der Waals surface area contributed by atoms with Crippen LogP contribution >= 0.6 is 0 Å². The van der Waals surface area contributed by atoms with E-state index >= 15 is 0 Å². The molecule has 0 aromatic heterocycles. The first kappa shape index (κ1) is 11.6. The predicted octanol–water partition coefficient (Wildman–Crippen LogP) is 1.79. The molecule has 1 aromatic carbocycles. The summed E-state index contributed by atoms with van der Waals surface area (Å²) in [4.78, 5) is 23.3. The van der Waals surface area contributed by atoms with Crippen molar-refractivity contribution in [3.8, 4) is 0 Å². The van der Waals surface area contributed by atoms with Crippen molar-refractivity contribution in [2.75, 3.05) is 12.4 Å². The summed E-state index contributed by atoms with van der Waals surface area (Å²) < 4.78 is 4.74. The van der Waals surface area contributed by atoms with Crippen molar-refractivity contribution >= 4 is 17.4 Å². The average Bonchev–Trinajstić information content (AvgIpc) is 2.43. The molecule has 1 aromatic rings. The molecule has 0 fully saturated rings. The molecule has 1 heterocycles. The molecule has 4 heteroatoms. The van der Waals surface area contributed by atoms with Crippen LogP contribution in [0.25, 0.3) is 0 Å². The molecule has 1 aliphatic rings. The number of hydrogen-bond donors (Lipinski definition) is 1. The van der Waals surface area contributed by atoms with Crippen molar-refractivity contribution < 1.29 is 14.3 Å². The topological polar surface area (TPSA) is 55.4 Å². The van der Waals surface area contributed by atoms with E-state index in [1.807, 2.05) is 13.0 Å². The molecule has 0 bridgehead atoms. The van der Waals surface area contributed by atoms with E-state index in [1.165, 1.54) is 7.11 Å². The van der Waals surface area contributed by atoms with E-state index in [0.717, 1.165) is 11.3 Å². The summed E-state index contributed by atoms with van der Waals surface area (Å²) >= 11 is 0. The molecule has 0 saturated carbocycles. The van der Waals surface area contributed by atoms with Crippen molar-refractivity contribution in [3.05, 3.63) is 29.3 Å². The van der Waals surface area contributed by atoms with Gasteiger partial charge in [0.1, 0.15) is 5.78 Å². The second-order valence-corrected chi connectivity index (χ2v) is 4.30. The molecule has 90 valence electrons. The number of benzene rings is 1. The number of para-hydroxylation sites is 1. The van der Waals surface area contributed by atoms with Gasteiger partial charge in [-0.05, 0) is 18.6 Å². The summed E-state index contributed by atoms with van der Waals surface area (Å²) in [7, 11) is 1.35. The Morgan fingerprint density at radius 2 is 2.24 bits per heavy atom. The van der Waals surface area contributed by atoms with Gasteiger partial charge in [0.15, 0.2) is 0 Å². The van der Waals surface area contributed by atoms with Crippen LogP contribution in [-0.4, -0.2) is 24.9 Å². The molecule has 1 aliphatic heterocycles. The third-order valence-corrected chi connectivity index (χ3v) is 2.87. The maximum Gasteiger partial charge on any atom is 0.339 e. The Morgan fingerprint density at radius 3 is 2.94 bits per heavy atom. The third kappa shape index (κ3) is 2.30. The number of ether oxygens (including phenoxy) is 1. The van der Waals surface area contributed by atoms with Gasteiger partial charge in [0.2, 0.25) is 0 Å². The lowest BCUT2D eigenvalue weighted by Gasteiger charge is -2.15. The highest BCUT2D eigenvalue weighted by molar-refractivity contribution is 5.98. The van der Waals surface area contributed by atoms with Gasteiger partial charge in [-0.2, -0.15) is 0 Å². The van der Waals surface area contributed by atoms with Gasteiger partial charge in [-0.1, -0.05) is 12.1 Å². The molecular weight excluding hydrogens is 218 g/mol. The molecular formula is C13H15NO3. The highest BCUT2D eigenvalue weighted by Gasteiger charge is 2.22. The van der Waals surface area contributed by atoms with Crippen molar-refractivity contribution in [2.24, 2.45) is 0 Å². The third-order valence-electron chi connectivity index (χ3n) is 2.87. The molecule has 0 saturated heterocycles. The van der Waals surface area contributed by atoms with Crippen LogP contribution in [0.4, 0.5) is 5.69 Å². The molecule has 0 aliphatic carbocycles. The van der Waals surface area contributed by atoms with Gasteiger partial charge in [-0.15, -0.1) is 0 Å². The minimum absolute atomic E-state index is 0.0366. The number of anilines is 1. The first-order valence-corrected chi connectivity index (χ1v) is 5.60. The predicted molar refractivity (Wildman–Crippen MR) is 64.2 cm³/mol. The van der Waals surface area contributed by atoms with E-state index in [1.54, 1.807) is 12.1 Å². The number of ketones is 1. The lowest BCUT2D eigenvalue weighted by molar-refractivity contribution is -0.118. The maximum atomic E-state index is 11.7. The summed E-state index contributed by atoms with van der Waals surface area (Å²) in [6.45, 7) is 1.93. The number of rotatable bonds is 1. The number of nitrogens with one attached hydrogen (secondary N) is 1. The molecule has 2 rings (SSSR count). The smallest absolute Gasteiger partial charge is 0.339 e. The van der Waals surface area contributed by atoms with Gasteiger partial charge in [-0.3, -0.25) is 4.79 Å². The van der Waals surface area contributed by atoms with Crippen LogP contribution in [-0.2, 0) is 16.0 Å². The fourth-order valence-corrected chi connectivity index (χ4v) is 2.12. The molecule has 0 amide bonds. The van der Waals surface area contributed by atoms with E-state index in [0.29, 0.717) is 18.4 Å². The van der Waals surface area contributed by atoms with Crippen molar-refractivity contribution in [1.29, 1.82) is 0 Å². The number of methoxy groups -OCH3 is 1. The highest BCUT2D eigenvalue weighted by Crippen LogP contribution is 2.27. The molecule has 0 spiro atoms. The van der Waals surface area contributed by atoms with Gasteiger partial charge in [0.05, 0.1) is 18.4 Å². The van der Waals surface area contributed by atoms with E-state index in [2.05, 4.69) is 5.32 Å². The molecule has 1 N–H and O–H groups in total. The number of Topliss-reactive ketones (excluding diaryl/α,β-unsaturated/α-hetero) is 1. The Kier molecular flexibility index (Phi) is 3.13. The number of esters is 1. The Hall–Kier alpha value is -1.84. The fraction of sp³-hybridized carbons (Fsp3) is 0.385. The minimum atomic E-state index is -0.379. The summed E-state index contributed by atoms with van der Waals surface area (Å²) in [5, 5.41) is 3.21. The summed E-state index contributed by atoms with van der Waals surface area (Å²) in [6, 6.07) is 5.38. The maximum absolute atomic E-state index is 11.7. The van der Waals surface area contributed by atoms with E-state index in [-0.39, 0.29) is 17.8 Å². The average molecular weight is 233 g/mol. The quantitative estimate of drug-likeness (QED) is 0.751. The second-order valence-electron chi connectivity index (χ2n) is 4.30. The number of carbonyl (C=O) groups excluding carboxylic acids is 2. The van der Waals surface area contributed by atoms with Gasteiger partial charge in [0, 0.05) is 18.9 Å². The summed E-state index contributed by atoms with van der Waals surface area (Å²) in [5.74, 6) is -0.193. The van der Waals surface area contributed by atoms with Crippen LogP contribution in [0.15, 0.2) is 18.2 Å². The van der Waals surface area contributed by atoms with Crippen LogP contribution in [0.1, 0.15) is 29.3 Å². The highest BCUT2D eigenvalue weighted by atomic mass is 16.5. The zero-order chi connectivity index (χ0) is 12.4. The van der Waals surface area contributed by atoms with Gasteiger partial charge >= 0.3 is 5.97 Å². The first-order valence-electron chi connectivity index (χ1n) is 5.60. The molecule has 1 atom stereocenters. The van der Waals surface area contributed by atoms with Gasteiger partial charge in [0.25, 0.3) is 0 Å². The van der Waals surface area contributed by atoms with Crippen LogP contribution in [0, 0.1) is 0 Å². The number of hydrogen-bond acceptors (Lipinski definition) is 4. The summed E-state index contributed by atoms with van der Waals surface area (Å²) in [5.41, 5.74) is 2.09. The van der Waals surface area contributed by atoms with E-state index < -0.39 is 0 Å².